The quantitative estimate of drug-likeness (QED) is 0.770. The van der Waals surface area contributed by atoms with Gasteiger partial charge in [-0.1, -0.05) is 19.4 Å². The third kappa shape index (κ3) is 4.29. The van der Waals surface area contributed by atoms with Crippen molar-refractivity contribution in [1.29, 1.82) is 0 Å². The Hall–Kier alpha value is -0.930. The van der Waals surface area contributed by atoms with Crippen molar-refractivity contribution < 1.29 is 9.84 Å². The molecule has 16 heavy (non-hydrogen) atoms. The second-order valence-electron chi connectivity index (χ2n) is 3.88. The lowest BCUT2D eigenvalue weighted by Gasteiger charge is -2.22. The zero-order chi connectivity index (χ0) is 11.8. The number of hydrogen-bond donors (Lipinski definition) is 1. The molecule has 0 aliphatic rings. The number of nitrogens with zero attached hydrogens (tertiary/aromatic N) is 1. The lowest BCUT2D eigenvalue weighted by molar-refractivity contribution is -0.0366. The van der Waals surface area contributed by atoms with E-state index in [2.05, 4.69) is 11.9 Å². The largest absolute Gasteiger partial charge is 0.390 e. The van der Waals surface area contributed by atoms with Crippen LogP contribution in [0.1, 0.15) is 32.4 Å². The van der Waals surface area contributed by atoms with Crippen molar-refractivity contribution >= 4 is 0 Å². The van der Waals surface area contributed by atoms with Crippen LogP contribution in [0.15, 0.2) is 24.4 Å². The zero-order valence-corrected chi connectivity index (χ0v) is 10.1. The Morgan fingerprint density at radius 1 is 1.38 bits per heavy atom. The van der Waals surface area contributed by atoms with Crippen LogP contribution in [0.2, 0.25) is 0 Å². The molecule has 0 fully saturated rings. The predicted molar refractivity (Wildman–Crippen MR) is 64.3 cm³/mol. The van der Waals surface area contributed by atoms with Gasteiger partial charge in [0.2, 0.25) is 0 Å². The van der Waals surface area contributed by atoms with Gasteiger partial charge in [-0.05, 0) is 25.5 Å². The van der Waals surface area contributed by atoms with Crippen LogP contribution in [0.3, 0.4) is 0 Å². The second-order valence-corrected chi connectivity index (χ2v) is 3.88. The molecule has 0 aromatic carbocycles. The van der Waals surface area contributed by atoms with E-state index in [0.717, 1.165) is 18.5 Å². The summed E-state index contributed by atoms with van der Waals surface area (Å²) < 4.78 is 5.54. The van der Waals surface area contributed by atoms with Crippen LogP contribution >= 0.6 is 0 Å². The van der Waals surface area contributed by atoms with Crippen LogP contribution in [0.25, 0.3) is 0 Å². The summed E-state index contributed by atoms with van der Waals surface area (Å²) >= 11 is 0. The van der Waals surface area contributed by atoms with Gasteiger partial charge < -0.3 is 9.84 Å². The summed E-state index contributed by atoms with van der Waals surface area (Å²) in [6.45, 7) is 4.69. The first-order valence-corrected chi connectivity index (χ1v) is 5.97. The maximum atomic E-state index is 10.1. The number of aliphatic hydroxyl groups is 1. The Labute approximate surface area is 97.5 Å². The minimum absolute atomic E-state index is 0.0722. The highest BCUT2D eigenvalue weighted by Crippen LogP contribution is 2.11. The molecule has 90 valence electrons. The number of aliphatic hydroxyl groups excluding tert-OH is 1. The van der Waals surface area contributed by atoms with E-state index in [1.165, 1.54) is 0 Å². The number of pyridine rings is 1. The van der Waals surface area contributed by atoms with Crippen molar-refractivity contribution in [1.82, 2.24) is 4.98 Å². The molecule has 2 unspecified atom stereocenters. The fourth-order valence-electron chi connectivity index (χ4n) is 1.75. The molecule has 0 bridgehead atoms. The van der Waals surface area contributed by atoms with E-state index in [1.807, 2.05) is 25.1 Å². The van der Waals surface area contributed by atoms with Gasteiger partial charge in [0.05, 0.1) is 12.2 Å². The van der Waals surface area contributed by atoms with Crippen molar-refractivity contribution in [2.24, 2.45) is 0 Å². The molecule has 1 N–H and O–H groups in total. The van der Waals surface area contributed by atoms with Crippen molar-refractivity contribution in [3.63, 3.8) is 0 Å². The number of hydrogen-bond acceptors (Lipinski definition) is 3. The van der Waals surface area contributed by atoms with E-state index in [-0.39, 0.29) is 6.10 Å². The Balaban J connectivity index is 2.51. The van der Waals surface area contributed by atoms with Crippen molar-refractivity contribution in [2.75, 3.05) is 6.61 Å². The first-order chi connectivity index (χ1) is 7.77. The molecule has 1 aromatic heterocycles. The topological polar surface area (TPSA) is 42.4 Å². The molecule has 1 heterocycles. The average molecular weight is 223 g/mol. The number of rotatable bonds is 7. The summed E-state index contributed by atoms with van der Waals surface area (Å²) in [7, 11) is 0. The summed E-state index contributed by atoms with van der Waals surface area (Å²) in [5, 5.41) is 10.1. The highest BCUT2D eigenvalue weighted by atomic mass is 16.5. The van der Waals surface area contributed by atoms with Crippen LogP contribution < -0.4 is 0 Å². The van der Waals surface area contributed by atoms with Gasteiger partial charge in [0, 0.05) is 24.9 Å². The second kappa shape index (κ2) is 7.36. The van der Waals surface area contributed by atoms with Crippen LogP contribution in [-0.2, 0) is 11.2 Å². The molecule has 0 saturated heterocycles. The first kappa shape index (κ1) is 13.1. The molecule has 0 saturated carbocycles. The van der Waals surface area contributed by atoms with Crippen LogP contribution in [0, 0.1) is 0 Å². The molecular weight excluding hydrogens is 202 g/mol. The molecule has 1 rings (SSSR count). The Morgan fingerprint density at radius 2 is 2.19 bits per heavy atom. The van der Waals surface area contributed by atoms with Gasteiger partial charge in [0.1, 0.15) is 0 Å². The van der Waals surface area contributed by atoms with E-state index < -0.39 is 6.10 Å². The highest BCUT2D eigenvalue weighted by Gasteiger charge is 2.19. The lowest BCUT2D eigenvalue weighted by atomic mass is 10.0. The van der Waals surface area contributed by atoms with E-state index >= 15 is 0 Å². The van der Waals surface area contributed by atoms with Gasteiger partial charge in [-0.2, -0.15) is 0 Å². The van der Waals surface area contributed by atoms with Gasteiger partial charge in [0.25, 0.3) is 0 Å². The average Bonchev–Trinajstić information content (AvgIpc) is 2.30. The molecular formula is C13H21NO2. The summed E-state index contributed by atoms with van der Waals surface area (Å²) in [5.41, 5.74) is 0.913. The minimum atomic E-state index is -0.463. The summed E-state index contributed by atoms with van der Waals surface area (Å²) in [4.78, 5) is 4.21. The molecule has 0 aliphatic carbocycles. The van der Waals surface area contributed by atoms with Gasteiger partial charge in [0.15, 0.2) is 0 Å². The Bertz CT molecular complexity index is 271. The standard InChI is InChI=1S/C13H21NO2/c1-3-7-13(16-4-2)12(15)10-11-8-5-6-9-14-11/h5-6,8-9,12-13,15H,3-4,7,10H2,1-2H3. The van der Waals surface area contributed by atoms with E-state index in [0.29, 0.717) is 13.0 Å². The molecule has 0 amide bonds. The van der Waals surface area contributed by atoms with Crippen LogP contribution in [0.4, 0.5) is 0 Å². The van der Waals surface area contributed by atoms with Crippen molar-refractivity contribution in [3.05, 3.63) is 30.1 Å². The molecule has 1 aromatic rings. The summed E-state index contributed by atoms with van der Waals surface area (Å²) in [6, 6.07) is 5.74. The van der Waals surface area contributed by atoms with Gasteiger partial charge in [-0.25, -0.2) is 0 Å². The fourth-order valence-corrected chi connectivity index (χ4v) is 1.75. The molecule has 3 nitrogen and oxygen atoms in total. The van der Waals surface area contributed by atoms with E-state index in [9.17, 15) is 5.11 Å². The van der Waals surface area contributed by atoms with E-state index in [4.69, 9.17) is 4.74 Å². The Morgan fingerprint density at radius 3 is 2.75 bits per heavy atom. The molecule has 2 atom stereocenters. The summed E-state index contributed by atoms with van der Waals surface area (Å²) in [5.74, 6) is 0. The smallest absolute Gasteiger partial charge is 0.0857 e. The number of ether oxygens (including phenoxy) is 1. The van der Waals surface area contributed by atoms with Crippen LogP contribution in [0.5, 0.6) is 0 Å². The lowest BCUT2D eigenvalue weighted by Crippen LogP contribution is -2.31. The Kier molecular flexibility index (Phi) is 6.04. The summed E-state index contributed by atoms with van der Waals surface area (Å²) in [6.07, 6.45) is 3.68. The van der Waals surface area contributed by atoms with Gasteiger partial charge >= 0.3 is 0 Å². The molecule has 3 heteroatoms. The predicted octanol–water partition coefficient (Wildman–Crippen LogP) is 2.19. The molecule has 0 spiro atoms. The van der Waals surface area contributed by atoms with Gasteiger partial charge in [-0.3, -0.25) is 4.98 Å². The molecule has 0 aliphatic heterocycles. The van der Waals surface area contributed by atoms with Crippen molar-refractivity contribution in [2.45, 2.75) is 45.3 Å². The highest BCUT2D eigenvalue weighted by molar-refractivity contribution is 5.05. The SMILES string of the molecule is CCCC(OCC)C(O)Cc1ccccn1. The fraction of sp³-hybridized carbons (Fsp3) is 0.615. The first-order valence-electron chi connectivity index (χ1n) is 5.97. The maximum absolute atomic E-state index is 10.1. The number of aromatic nitrogens is 1. The van der Waals surface area contributed by atoms with Crippen molar-refractivity contribution in [3.8, 4) is 0 Å². The third-order valence-corrected chi connectivity index (χ3v) is 2.53. The van der Waals surface area contributed by atoms with Gasteiger partial charge in [-0.15, -0.1) is 0 Å². The normalized spacial score (nSPS) is 14.7. The van der Waals surface area contributed by atoms with Crippen LogP contribution in [-0.4, -0.2) is 28.9 Å². The maximum Gasteiger partial charge on any atom is 0.0857 e. The third-order valence-electron chi connectivity index (χ3n) is 2.53. The van der Waals surface area contributed by atoms with E-state index in [1.54, 1.807) is 6.20 Å². The minimum Gasteiger partial charge on any atom is -0.390 e. The zero-order valence-electron chi connectivity index (χ0n) is 10.1. The molecule has 0 radical (unpaired) electrons. The monoisotopic (exact) mass is 223 g/mol.